The van der Waals surface area contributed by atoms with Crippen LogP contribution >= 0.6 is 15.9 Å². The normalized spacial score (nSPS) is 24.4. The molecule has 0 heterocycles. The minimum Gasteiger partial charge on any atom is -0.328 e. The smallest absolute Gasteiger partial charge is 0.243 e. The maximum absolute atomic E-state index is 13.6. The Labute approximate surface area is 114 Å². The van der Waals surface area contributed by atoms with E-state index in [0.717, 1.165) is 12.5 Å². The number of sulfonamides is 1. The molecule has 1 fully saturated rings. The number of nitrogens with one attached hydrogen (secondary N) is 1. The average Bonchev–Trinajstić information content (AvgIpc) is 2.66. The van der Waals surface area contributed by atoms with E-state index in [1.165, 1.54) is 12.1 Å². The van der Waals surface area contributed by atoms with Crippen molar-refractivity contribution < 1.29 is 12.8 Å². The van der Waals surface area contributed by atoms with Crippen molar-refractivity contribution in [1.82, 2.24) is 4.72 Å². The molecule has 7 heteroatoms. The Hall–Kier alpha value is -0.500. The van der Waals surface area contributed by atoms with Crippen molar-refractivity contribution in [3.63, 3.8) is 0 Å². The van der Waals surface area contributed by atoms with Gasteiger partial charge in [0, 0.05) is 16.6 Å². The van der Waals surface area contributed by atoms with Crippen molar-refractivity contribution in [1.29, 1.82) is 0 Å². The van der Waals surface area contributed by atoms with Gasteiger partial charge in [0.05, 0.1) is 0 Å². The summed E-state index contributed by atoms with van der Waals surface area (Å²) < 4.78 is 40.7. The van der Waals surface area contributed by atoms with E-state index in [2.05, 4.69) is 20.7 Å². The number of nitrogens with two attached hydrogens (primary N) is 1. The van der Waals surface area contributed by atoms with Gasteiger partial charge in [-0.3, -0.25) is 0 Å². The van der Waals surface area contributed by atoms with Crippen molar-refractivity contribution in [2.45, 2.75) is 36.2 Å². The SMILES string of the molecule is NC1CCC(NS(=O)(=O)c2cc(Br)ccc2F)C1. The lowest BCUT2D eigenvalue weighted by molar-refractivity contribution is 0.534. The third-order valence-electron chi connectivity index (χ3n) is 2.98. The van der Waals surface area contributed by atoms with Gasteiger partial charge < -0.3 is 5.73 Å². The lowest BCUT2D eigenvalue weighted by atomic mass is 10.2. The molecule has 0 amide bonds. The first-order valence-corrected chi connectivity index (χ1v) is 7.89. The maximum Gasteiger partial charge on any atom is 0.243 e. The van der Waals surface area contributed by atoms with Crippen LogP contribution in [0, 0.1) is 5.82 Å². The van der Waals surface area contributed by atoms with Gasteiger partial charge in [0.1, 0.15) is 10.7 Å². The first-order valence-electron chi connectivity index (χ1n) is 5.61. The Balaban J connectivity index is 2.23. The van der Waals surface area contributed by atoms with Crippen LogP contribution in [0.3, 0.4) is 0 Å². The monoisotopic (exact) mass is 336 g/mol. The highest BCUT2D eigenvalue weighted by molar-refractivity contribution is 9.10. The average molecular weight is 337 g/mol. The fourth-order valence-electron chi connectivity index (χ4n) is 2.09. The van der Waals surface area contributed by atoms with Crippen LogP contribution in [0.4, 0.5) is 4.39 Å². The van der Waals surface area contributed by atoms with Crippen molar-refractivity contribution in [3.05, 3.63) is 28.5 Å². The molecule has 0 bridgehead atoms. The van der Waals surface area contributed by atoms with Crippen LogP contribution in [0.2, 0.25) is 0 Å². The van der Waals surface area contributed by atoms with E-state index in [9.17, 15) is 12.8 Å². The first-order chi connectivity index (χ1) is 8.38. The molecule has 18 heavy (non-hydrogen) atoms. The summed E-state index contributed by atoms with van der Waals surface area (Å²) in [4.78, 5) is -0.336. The van der Waals surface area contributed by atoms with Crippen LogP contribution in [0.1, 0.15) is 19.3 Å². The minimum absolute atomic E-state index is 0.0186. The molecule has 100 valence electrons. The summed E-state index contributed by atoms with van der Waals surface area (Å²) in [5.74, 6) is -0.756. The zero-order valence-corrected chi connectivity index (χ0v) is 12.0. The molecule has 2 rings (SSSR count). The number of halogens is 2. The highest BCUT2D eigenvalue weighted by Gasteiger charge is 2.28. The summed E-state index contributed by atoms with van der Waals surface area (Å²) in [5, 5.41) is 0. The summed E-state index contributed by atoms with van der Waals surface area (Å²) >= 11 is 3.13. The molecular formula is C11H14BrFN2O2S. The highest BCUT2D eigenvalue weighted by Crippen LogP contribution is 2.23. The Morgan fingerprint density at radius 1 is 1.39 bits per heavy atom. The number of hydrogen-bond donors (Lipinski definition) is 2. The van der Waals surface area contributed by atoms with E-state index in [-0.39, 0.29) is 17.0 Å². The van der Waals surface area contributed by atoms with Crippen LogP contribution in [0.15, 0.2) is 27.6 Å². The van der Waals surface area contributed by atoms with E-state index < -0.39 is 15.8 Å². The number of hydrogen-bond acceptors (Lipinski definition) is 3. The van der Waals surface area contributed by atoms with Gasteiger partial charge in [-0.1, -0.05) is 15.9 Å². The topological polar surface area (TPSA) is 72.2 Å². The molecule has 3 N–H and O–H groups in total. The molecule has 0 aromatic heterocycles. The van der Waals surface area contributed by atoms with Crippen LogP contribution in [0.5, 0.6) is 0 Å². The fourth-order valence-corrected chi connectivity index (χ4v) is 3.99. The van der Waals surface area contributed by atoms with Crippen molar-refractivity contribution in [3.8, 4) is 0 Å². The van der Waals surface area contributed by atoms with E-state index in [1.54, 1.807) is 0 Å². The number of rotatable bonds is 3. The predicted octanol–water partition coefficient (Wildman–Crippen LogP) is 1.75. The summed E-state index contributed by atoms with van der Waals surface area (Å²) in [6, 6.07) is 3.65. The quantitative estimate of drug-likeness (QED) is 0.883. The molecular weight excluding hydrogens is 323 g/mol. The van der Waals surface area contributed by atoms with Crippen LogP contribution < -0.4 is 10.5 Å². The molecule has 0 saturated heterocycles. The molecule has 0 radical (unpaired) electrons. The molecule has 1 saturated carbocycles. The van der Waals surface area contributed by atoms with E-state index in [1.807, 2.05) is 0 Å². The van der Waals surface area contributed by atoms with Crippen molar-refractivity contribution >= 4 is 26.0 Å². The summed E-state index contributed by atoms with van der Waals surface area (Å²) in [7, 11) is -3.83. The van der Waals surface area contributed by atoms with Gasteiger partial charge in [0.15, 0.2) is 0 Å². The zero-order valence-electron chi connectivity index (χ0n) is 9.57. The van der Waals surface area contributed by atoms with Gasteiger partial charge in [0.2, 0.25) is 10.0 Å². The Bertz CT molecular complexity index is 550. The molecule has 4 nitrogen and oxygen atoms in total. The largest absolute Gasteiger partial charge is 0.328 e. The van der Waals surface area contributed by atoms with E-state index in [0.29, 0.717) is 17.3 Å². The van der Waals surface area contributed by atoms with Gasteiger partial charge >= 0.3 is 0 Å². The van der Waals surface area contributed by atoms with Crippen LogP contribution in [-0.4, -0.2) is 20.5 Å². The third-order valence-corrected chi connectivity index (χ3v) is 5.01. The molecule has 2 atom stereocenters. The third kappa shape index (κ3) is 3.09. The Morgan fingerprint density at radius 2 is 2.11 bits per heavy atom. The standard InChI is InChI=1S/C11H14BrFN2O2S/c12-7-1-4-10(13)11(5-7)18(16,17)15-9-3-2-8(14)6-9/h1,4-5,8-9,15H,2-3,6,14H2. The lowest BCUT2D eigenvalue weighted by Gasteiger charge is -2.13. The van der Waals surface area contributed by atoms with Gasteiger partial charge in [-0.25, -0.2) is 17.5 Å². The second-order valence-electron chi connectivity index (χ2n) is 4.47. The summed E-state index contributed by atoms with van der Waals surface area (Å²) in [6.45, 7) is 0. The molecule has 2 unspecified atom stereocenters. The van der Waals surface area contributed by atoms with Crippen LogP contribution in [0.25, 0.3) is 0 Å². The molecule has 1 aliphatic rings. The van der Waals surface area contributed by atoms with Crippen LogP contribution in [-0.2, 0) is 10.0 Å². The van der Waals surface area contributed by atoms with Gasteiger partial charge in [-0.2, -0.15) is 0 Å². The van der Waals surface area contributed by atoms with Crippen molar-refractivity contribution in [2.75, 3.05) is 0 Å². The Kier molecular flexibility index (Phi) is 4.05. The summed E-state index contributed by atoms with van der Waals surface area (Å²) in [5.41, 5.74) is 5.72. The fraction of sp³-hybridized carbons (Fsp3) is 0.455. The molecule has 1 aliphatic carbocycles. The van der Waals surface area contributed by atoms with E-state index in [4.69, 9.17) is 5.73 Å². The van der Waals surface area contributed by atoms with E-state index >= 15 is 0 Å². The minimum atomic E-state index is -3.83. The van der Waals surface area contributed by atoms with Gasteiger partial charge in [-0.15, -0.1) is 0 Å². The molecule has 0 spiro atoms. The zero-order chi connectivity index (χ0) is 13.3. The first kappa shape index (κ1) is 13.9. The molecule has 0 aliphatic heterocycles. The Morgan fingerprint density at radius 3 is 2.72 bits per heavy atom. The molecule has 1 aromatic rings. The highest BCUT2D eigenvalue weighted by atomic mass is 79.9. The second kappa shape index (κ2) is 5.24. The number of benzene rings is 1. The predicted molar refractivity (Wildman–Crippen MR) is 70.0 cm³/mol. The van der Waals surface area contributed by atoms with Gasteiger partial charge in [-0.05, 0) is 37.5 Å². The van der Waals surface area contributed by atoms with Gasteiger partial charge in [0.25, 0.3) is 0 Å². The lowest BCUT2D eigenvalue weighted by Crippen LogP contribution is -2.34. The molecule has 1 aromatic carbocycles. The maximum atomic E-state index is 13.6. The second-order valence-corrected chi connectivity index (χ2v) is 7.06. The van der Waals surface area contributed by atoms with Crippen molar-refractivity contribution in [2.24, 2.45) is 5.73 Å². The summed E-state index contributed by atoms with van der Waals surface area (Å²) in [6.07, 6.45) is 2.07.